The third-order valence-corrected chi connectivity index (χ3v) is 5.62. The minimum atomic E-state index is -0.283. The summed E-state index contributed by atoms with van der Waals surface area (Å²) in [4.78, 5) is 0. The maximum absolute atomic E-state index is 4.18. The molecule has 1 unspecified atom stereocenters. The highest BCUT2D eigenvalue weighted by Gasteiger charge is 2.52. The molecule has 0 amide bonds. The van der Waals surface area contributed by atoms with Crippen molar-refractivity contribution >= 4 is 11.1 Å². The van der Waals surface area contributed by atoms with Gasteiger partial charge in [-0.25, -0.2) is 0 Å². The molecule has 1 atom stereocenters. The SMILES string of the molecule is C=CC1=C(C=C)C2(C(=C/C)/C(=C\C)c3ccccc32)c2ccccc21.CC. The van der Waals surface area contributed by atoms with Crippen LogP contribution in [0, 0.1) is 0 Å². The van der Waals surface area contributed by atoms with Crippen LogP contribution < -0.4 is 0 Å². The second-order valence-corrected chi connectivity index (χ2v) is 6.48. The zero-order valence-corrected chi connectivity index (χ0v) is 16.8. The Morgan fingerprint density at radius 1 is 0.741 bits per heavy atom. The lowest BCUT2D eigenvalue weighted by molar-refractivity contribution is 0.785. The standard InChI is InChI=1S/C25H22.C2H6/c1-5-17-19-13-9-11-15-23(19)25(21(17)7-3)22(8-4)18(6-2)20-14-10-12-16-24(20)25;1-2/h5-16H,1,3H2,2,4H3;1-2H3/b18-6-,22-8+;. The predicted octanol–water partition coefficient (Wildman–Crippen LogP) is 7.50. The monoisotopic (exact) mass is 352 g/mol. The Morgan fingerprint density at radius 3 is 1.81 bits per heavy atom. The molecule has 0 aliphatic heterocycles. The molecule has 4 rings (SSSR count). The van der Waals surface area contributed by atoms with Crippen LogP contribution in [0.1, 0.15) is 49.9 Å². The molecule has 0 saturated heterocycles. The Balaban J connectivity index is 0.00000102. The van der Waals surface area contributed by atoms with Gasteiger partial charge in [0.2, 0.25) is 0 Å². The van der Waals surface area contributed by atoms with Gasteiger partial charge in [-0.15, -0.1) is 0 Å². The van der Waals surface area contributed by atoms with Gasteiger partial charge in [-0.1, -0.05) is 99.8 Å². The first-order chi connectivity index (χ1) is 13.2. The Hall–Kier alpha value is -2.86. The molecule has 2 aliphatic rings. The van der Waals surface area contributed by atoms with E-state index in [9.17, 15) is 0 Å². The first kappa shape index (κ1) is 18.9. The molecule has 0 aromatic heterocycles. The van der Waals surface area contributed by atoms with Crippen LogP contribution in [0.15, 0.2) is 97.1 Å². The first-order valence-electron chi connectivity index (χ1n) is 9.78. The quantitative estimate of drug-likeness (QED) is 0.525. The average Bonchev–Trinajstić information content (AvgIpc) is 3.19. The van der Waals surface area contributed by atoms with E-state index in [2.05, 4.69) is 87.7 Å². The van der Waals surface area contributed by atoms with E-state index in [1.807, 2.05) is 26.0 Å². The van der Waals surface area contributed by atoms with Crippen molar-refractivity contribution in [3.63, 3.8) is 0 Å². The van der Waals surface area contributed by atoms with Gasteiger partial charge < -0.3 is 0 Å². The second kappa shape index (κ2) is 7.40. The Labute approximate surface area is 164 Å². The number of fused-ring (bicyclic) bond motifs is 4. The molecule has 0 N–H and O–H groups in total. The van der Waals surface area contributed by atoms with Crippen molar-refractivity contribution in [3.8, 4) is 0 Å². The highest BCUT2D eigenvalue weighted by Crippen LogP contribution is 2.62. The Kier molecular flexibility index (Phi) is 5.19. The highest BCUT2D eigenvalue weighted by atomic mass is 14.5. The van der Waals surface area contributed by atoms with Gasteiger partial charge in [-0.05, 0) is 58.4 Å². The lowest BCUT2D eigenvalue weighted by atomic mass is 9.69. The van der Waals surface area contributed by atoms with Crippen LogP contribution in [0.25, 0.3) is 11.1 Å². The molecular formula is C27H28. The molecule has 0 bridgehead atoms. The molecule has 0 fully saturated rings. The van der Waals surface area contributed by atoms with E-state index in [1.54, 1.807) is 0 Å². The van der Waals surface area contributed by atoms with Gasteiger partial charge >= 0.3 is 0 Å². The van der Waals surface area contributed by atoms with E-state index < -0.39 is 0 Å². The molecule has 0 nitrogen and oxygen atoms in total. The van der Waals surface area contributed by atoms with Gasteiger partial charge in [0.05, 0.1) is 5.41 Å². The molecule has 136 valence electrons. The average molecular weight is 353 g/mol. The summed E-state index contributed by atoms with van der Waals surface area (Å²) in [6.45, 7) is 16.6. The van der Waals surface area contributed by atoms with Crippen molar-refractivity contribution in [2.45, 2.75) is 33.1 Å². The number of allylic oxidation sites excluding steroid dienone is 8. The van der Waals surface area contributed by atoms with Crippen LogP contribution >= 0.6 is 0 Å². The summed E-state index contributed by atoms with van der Waals surface area (Å²) in [6, 6.07) is 17.5. The molecule has 0 radical (unpaired) electrons. The van der Waals surface area contributed by atoms with Crippen molar-refractivity contribution < 1.29 is 0 Å². The van der Waals surface area contributed by atoms with Crippen LogP contribution in [-0.2, 0) is 5.41 Å². The summed E-state index contributed by atoms with van der Waals surface area (Å²) in [5.74, 6) is 0. The fraction of sp³-hybridized carbons (Fsp3) is 0.185. The van der Waals surface area contributed by atoms with E-state index in [0.29, 0.717) is 0 Å². The minimum Gasteiger partial charge on any atom is -0.0987 e. The number of benzene rings is 2. The van der Waals surface area contributed by atoms with Gasteiger partial charge in [0.1, 0.15) is 0 Å². The number of hydrogen-bond donors (Lipinski definition) is 0. The van der Waals surface area contributed by atoms with Gasteiger partial charge in [-0.2, -0.15) is 0 Å². The van der Waals surface area contributed by atoms with Crippen molar-refractivity contribution in [2.75, 3.05) is 0 Å². The third-order valence-electron chi connectivity index (χ3n) is 5.62. The van der Waals surface area contributed by atoms with Crippen molar-refractivity contribution in [1.82, 2.24) is 0 Å². The van der Waals surface area contributed by atoms with Crippen molar-refractivity contribution in [3.05, 3.63) is 119 Å². The van der Waals surface area contributed by atoms with Crippen LogP contribution in [-0.4, -0.2) is 0 Å². The molecule has 0 saturated carbocycles. The second-order valence-electron chi connectivity index (χ2n) is 6.48. The zero-order valence-electron chi connectivity index (χ0n) is 16.8. The highest BCUT2D eigenvalue weighted by molar-refractivity contribution is 6.01. The van der Waals surface area contributed by atoms with E-state index in [1.165, 1.54) is 44.5 Å². The van der Waals surface area contributed by atoms with E-state index in [-0.39, 0.29) is 5.41 Å². The summed E-state index contributed by atoms with van der Waals surface area (Å²) < 4.78 is 0. The normalized spacial score (nSPS) is 22.5. The lowest BCUT2D eigenvalue weighted by Gasteiger charge is -2.31. The van der Waals surface area contributed by atoms with E-state index >= 15 is 0 Å². The number of rotatable bonds is 2. The predicted molar refractivity (Wildman–Crippen MR) is 120 cm³/mol. The molecule has 2 aromatic carbocycles. The maximum atomic E-state index is 4.18. The van der Waals surface area contributed by atoms with Gasteiger partial charge in [0.25, 0.3) is 0 Å². The maximum Gasteiger partial charge on any atom is 0.0722 e. The minimum absolute atomic E-state index is 0.283. The summed E-state index contributed by atoms with van der Waals surface area (Å²) in [5, 5.41) is 0. The molecule has 0 heteroatoms. The first-order valence-corrected chi connectivity index (χ1v) is 9.78. The summed E-state index contributed by atoms with van der Waals surface area (Å²) in [7, 11) is 0. The molecule has 2 aromatic rings. The van der Waals surface area contributed by atoms with Gasteiger partial charge in [0, 0.05) is 0 Å². The molecular weight excluding hydrogens is 324 g/mol. The van der Waals surface area contributed by atoms with Crippen LogP contribution in [0.4, 0.5) is 0 Å². The van der Waals surface area contributed by atoms with Crippen LogP contribution in [0.5, 0.6) is 0 Å². The van der Waals surface area contributed by atoms with Crippen LogP contribution in [0.2, 0.25) is 0 Å². The van der Waals surface area contributed by atoms with Crippen molar-refractivity contribution in [2.24, 2.45) is 0 Å². The molecule has 0 heterocycles. The Morgan fingerprint density at radius 2 is 1.30 bits per heavy atom. The summed E-state index contributed by atoms with van der Waals surface area (Å²) in [5.41, 5.74) is 10.1. The fourth-order valence-electron chi connectivity index (χ4n) is 4.82. The summed E-state index contributed by atoms with van der Waals surface area (Å²) >= 11 is 0. The van der Waals surface area contributed by atoms with Crippen molar-refractivity contribution in [1.29, 1.82) is 0 Å². The molecule has 1 spiro atoms. The summed E-state index contributed by atoms with van der Waals surface area (Å²) in [6.07, 6.45) is 8.50. The fourth-order valence-corrected chi connectivity index (χ4v) is 4.82. The molecule has 2 aliphatic carbocycles. The third kappa shape index (κ3) is 2.29. The smallest absolute Gasteiger partial charge is 0.0722 e. The van der Waals surface area contributed by atoms with E-state index in [0.717, 1.165) is 0 Å². The van der Waals surface area contributed by atoms with Gasteiger partial charge in [0.15, 0.2) is 0 Å². The Bertz CT molecular complexity index is 994. The van der Waals surface area contributed by atoms with Crippen LogP contribution in [0.3, 0.4) is 0 Å². The topological polar surface area (TPSA) is 0 Å². The van der Waals surface area contributed by atoms with Gasteiger partial charge in [-0.3, -0.25) is 0 Å². The van der Waals surface area contributed by atoms with E-state index in [4.69, 9.17) is 0 Å². The number of hydrogen-bond acceptors (Lipinski definition) is 0. The lowest BCUT2D eigenvalue weighted by Crippen LogP contribution is -2.26. The molecule has 27 heavy (non-hydrogen) atoms. The zero-order chi connectivity index (χ0) is 19.6. The largest absolute Gasteiger partial charge is 0.0987 e.